The molecule has 2 unspecified atom stereocenters. The van der Waals surface area contributed by atoms with E-state index in [0.717, 1.165) is 29.6 Å². The van der Waals surface area contributed by atoms with E-state index in [9.17, 15) is 0 Å². The molecule has 1 aromatic rings. The number of fused-ring (bicyclic) bond motifs is 4. The Balaban J connectivity index is 1.99. The maximum atomic E-state index is 6.40. The molecule has 0 radical (unpaired) electrons. The molecule has 1 fully saturated rings. The summed E-state index contributed by atoms with van der Waals surface area (Å²) in [5, 5.41) is 4.31. The van der Waals surface area contributed by atoms with Crippen molar-refractivity contribution in [2.24, 2.45) is 0 Å². The molecule has 0 aliphatic carbocycles. The fourth-order valence-electron chi connectivity index (χ4n) is 3.20. The van der Waals surface area contributed by atoms with Gasteiger partial charge in [0.25, 0.3) is 0 Å². The predicted molar refractivity (Wildman–Crippen MR) is 93.1 cm³/mol. The minimum Gasteiger partial charge on any atom is -0.468 e. The first-order valence-corrected chi connectivity index (χ1v) is 9.12. The summed E-state index contributed by atoms with van der Waals surface area (Å²) in [5.74, 6) is 2.05. The Morgan fingerprint density at radius 3 is 2.86 bits per heavy atom. The Morgan fingerprint density at radius 2 is 2.14 bits per heavy atom. The van der Waals surface area contributed by atoms with E-state index in [4.69, 9.17) is 17.0 Å². The number of ether oxygens (including phenoxy) is 1. The summed E-state index contributed by atoms with van der Waals surface area (Å²) in [6.07, 6.45) is 3.05. The van der Waals surface area contributed by atoms with Gasteiger partial charge in [-0.1, -0.05) is 6.07 Å². The maximum Gasteiger partial charge on any atom is 0.184 e. The Morgan fingerprint density at radius 1 is 1.43 bits per heavy atom. The van der Waals surface area contributed by atoms with Crippen molar-refractivity contribution in [1.29, 1.82) is 0 Å². The summed E-state index contributed by atoms with van der Waals surface area (Å²) < 4.78 is 6.40. The molecule has 21 heavy (non-hydrogen) atoms. The normalized spacial score (nSPS) is 27.0. The highest BCUT2D eigenvalue weighted by Gasteiger charge is 2.47. The summed E-state index contributed by atoms with van der Waals surface area (Å²) in [6.45, 7) is 7.35. The number of thiocarbonyl (C=S) groups is 1. The zero-order chi connectivity index (χ0) is 15.2. The monoisotopic (exact) mass is 322 g/mol. The van der Waals surface area contributed by atoms with Crippen molar-refractivity contribution < 1.29 is 4.74 Å². The van der Waals surface area contributed by atoms with Crippen LogP contribution in [0.2, 0.25) is 0 Å². The second kappa shape index (κ2) is 5.36. The molecule has 2 heterocycles. The smallest absolute Gasteiger partial charge is 0.184 e. The molecule has 3 nitrogen and oxygen atoms in total. The largest absolute Gasteiger partial charge is 0.468 e. The van der Waals surface area contributed by atoms with Gasteiger partial charge >= 0.3 is 0 Å². The van der Waals surface area contributed by atoms with Gasteiger partial charge < -0.3 is 15.0 Å². The van der Waals surface area contributed by atoms with Crippen LogP contribution in [0.25, 0.3) is 0 Å². The predicted octanol–water partition coefficient (Wildman–Crippen LogP) is 3.40. The molecular formula is C16H22N2OS2. The fraction of sp³-hybridized carbons (Fsp3) is 0.562. The molecule has 2 atom stereocenters. The lowest BCUT2D eigenvalue weighted by Gasteiger charge is -2.52. The highest BCUT2D eigenvalue weighted by Crippen LogP contribution is 2.44. The number of hydrogen-bond acceptors (Lipinski definition) is 3. The molecule has 1 N–H and O–H groups in total. The molecule has 5 heteroatoms. The lowest BCUT2D eigenvalue weighted by atomic mass is 9.89. The SMILES string of the molecule is CSCCN1C(=S)NC2CC1(C)Oc1cc(C)c(C)cc12. The first-order valence-electron chi connectivity index (χ1n) is 7.32. The van der Waals surface area contributed by atoms with Gasteiger partial charge in [0.2, 0.25) is 0 Å². The Hall–Kier alpha value is -0.940. The first-order chi connectivity index (χ1) is 9.94. The van der Waals surface area contributed by atoms with Crippen LogP contribution in [0.3, 0.4) is 0 Å². The Bertz CT molecular complexity index is 590. The number of nitrogens with one attached hydrogen (secondary N) is 1. The van der Waals surface area contributed by atoms with Gasteiger partial charge in [-0.25, -0.2) is 0 Å². The van der Waals surface area contributed by atoms with E-state index in [1.165, 1.54) is 16.7 Å². The van der Waals surface area contributed by atoms with Crippen LogP contribution in [-0.4, -0.2) is 34.3 Å². The fourth-order valence-corrected chi connectivity index (χ4v) is 3.99. The quantitative estimate of drug-likeness (QED) is 0.860. The van der Waals surface area contributed by atoms with E-state index in [2.05, 4.69) is 49.4 Å². The second-order valence-electron chi connectivity index (χ2n) is 6.10. The van der Waals surface area contributed by atoms with E-state index in [1.54, 1.807) is 0 Å². The minimum absolute atomic E-state index is 0.260. The first kappa shape index (κ1) is 15.0. The van der Waals surface area contributed by atoms with Crippen LogP contribution >= 0.6 is 24.0 Å². The highest BCUT2D eigenvalue weighted by atomic mass is 32.2. The summed E-state index contributed by atoms with van der Waals surface area (Å²) in [6, 6.07) is 4.66. The lowest BCUT2D eigenvalue weighted by Crippen LogP contribution is -2.65. The van der Waals surface area contributed by atoms with Crippen molar-refractivity contribution >= 4 is 29.1 Å². The van der Waals surface area contributed by atoms with Crippen molar-refractivity contribution in [2.75, 3.05) is 18.6 Å². The summed E-state index contributed by atoms with van der Waals surface area (Å²) >= 11 is 7.41. The van der Waals surface area contributed by atoms with Crippen LogP contribution < -0.4 is 10.1 Å². The molecule has 0 saturated carbocycles. The average molecular weight is 322 g/mol. The van der Waals surface area contributed by atoms with E-state index in [1.807, 2.05) is 11.8 Å². The van der Waals surface area contributed by atoms with Gasteiger partial charge in [-0.15, -0.1) is 0 Å². The van der Waals surface area contributed by atoms with Gasteiger partial charge in [0.05, 0.1) is 6.04 Å². The van der Waals surface area contributed by atoms with Gasteiger partial charge in [-0.3, -0.25) is 0 Å². The van der Waals surface area contributed by atoms with Crippen LogP contribution in [0.4, 0.5) is 0 Å². The van der Waals surface area contributed by atoms with Gasteiger partial charge in [0.15, 0.2) is 10.8 Å². The van der Waals surface area contributed by atoms with E-state index in [0.29, 0.717) is 0 Å². The van der Waals surface area contributed by atoms with Crippen LogP contribution in [0.15, 0.2) is 12.1 Å². The van der Waals surface area contributed by atoms with E-state index in [-0.39, 0.29) is 11.8 Å². The molecule has 2 aliphatic heterocycles. The molecule has 2 bridgehead atoms. The topological polar surface area (TPSA) is 24.5 Å². The number of nitrogens with zero attached hydrogens (tertiary/aromatic N) is 1. The lowest BCUT2D eigenvalue weighted by molar-refractivity contribution is -0.0654. The minimum atomic E-state index is -0.336. The molecule has 0 aromatic heterocycles. The Kier molecular flexibility index (Phi) is 3.82. The molecular weight excluding hydrogens is 300 g/mol. The van der Waals surface area contributed by atoms with E-state index < -0.39 is 0 Å². The summed E-state index contributed by atoms with van der Waals surface area (Å²) in [5.41, 5.74) is 3.48. The Labute approximate surface area is 136 Å². The number of aryl methyl sites for hydroxylation is 2. The zero-order valence-corrected chi connectivity index (χ0v) is 14.7. The summed E-state index contributed by atoms with van der Waals surface area (Å²) in [7, 11) is 0. The molecule has 0 amide bonds. The third-order valence-corrected chi connectivity index (χ3v) is 5.48. The molecule has 1 aromatic carbocycles. The molecule has 3 rings (SSSR count). The van der Waals surface area contributed by atoms with Crippen molar-refractivity contribution in [2.45, 2.75) is 39.0 Å². The number of hydrogen-bond donors (Lipinski definition) is 1. The van der Waals surface area contributed by atoms with Gasteiger partial charge in [-0.2, -0.15) is 11.8 Å². The number of rotatable bonds is 3. The maximum absolute atomic E-state index is 6.40. The van der Waals surface area contributed by atoms with Crippen molar-refractivity contribution in [3.05, 3.63) is 28.8 Å². The number of benzene rings is 1. The van der Waals surface area contributed by atoms with Crippen molar-refractivity contribution in [3.8, 4) is 5.75 Å². The van der Waals surface area contributed by atoms with Crippen LogP contribution in [-0.2, 0) is 0 Å². The zero-order valence-electron chi connectivity index (χ0n) is 13.0. The van der Waals surface area contributed by atoms with Crippen molar-refractivity contribution in [1.82, 2.24) is 10.2 Å². The molecule has 1 saturated heterocycles. The van der Waals surface area contributed by atoms with E-state index >= 15 is 0 Å². The highest BCUT2D eigenvalue weighted by molar-refractivity contribution is 7.98. The third kappa shape index (κ3) is 2.50. The standard InChI is InChI=1S/C16H22N2OS2/c1-10-7-12-13-9-16(3,19-14(12)8-11(10)2)18(5-6-21-4)15(20)17-13/h7-8,13H,5-6,9H2,1-4H3,(H,17,20). The van der Waals surface area contributed by atoms with Gasteiger partial charge in [0.1, 0.15) is 5.75 Å². The van der Waals surface area contributed by atoms with Crippen LogP contribution in [0.1, 0.15) is 36.1 Å². The molecule has 114 valence electrons. The van der Waals surface area contributed by atoms with Crippen molar-refractivity contribution in [3.63, 3.8) is 0 Å². The second-order valence-corrected chi connectivity index (χ2v) is 7.47. The molecule has 0 spiro atoms. The number of thioether (sulfide) groups is 1. The van der Waals surface area contributed by atoms with Crippen LogP contribution in [0, 0.1) is 13.8 Å². The van der Waals surface area contributed by atoms with Gasteiger partial charge in [-0.05, 0) is 56.4 Å². The third-order valence-electron chi connectivity index (χ3n) is 4.55. The average Bonchev–Trinajstić information content (AvgIpc) is 2.40. The molecule has 2 aliphatic rings. The van der Waals surface area contributed by atoms with Gasteiger partial charge in [0, 0.05) is 24.3 Å². The van der Waals surface area contributed by atoms with Crippen LogP contribution in [0.5, 0.6) is 5.75 Å². The summed E-state index contributed by atoms with van der Waals surface area (Å²) in [4.78, 5) is 2.20.